The van der Waals surface area contributed by atoms with Crippen molar-refractivity contribution in [3.05, 3.63) is 75.3 Å². The average Bonchev–Trinajstić information content (AvgIpc) is 3.21. The normalized spacial score (nSPS) is 14.1. The first-order valence-corrected chi connectivity index (χ1v) is 8.82. The van der Waals surface area contributed by atoms with E-state index in [2.05, 4.69) is 0 Å². The van der Waals surface area contributed by atoms with Crippen LogP contribution in [0.15, 0.2) is 42.5 Å². The zero-order valence-electron chi connectivity index (χ0n) is 14.8. The van der Waals surface area contributed by atoms with Crippen molar-refractivity contribution >= 4 is 22.5 Å². The number of benzene rings is 2. The molecule has 0 aliphatic carbocycles. The molecule has 0 radical (unpaired) electrons. The molecule has 1 fully saturated rings. The number of anilines is 1. The minimum atomic E-state index is -0.573. The van der Waals surface area contributed by atoms with Gasteiger partial charge in [-0.05, 0) is 25.8 Å². The number of fused-ring (bicyclic) bond motifs is 1. The summed E-state index contributed by atoms with van der Waals surface area (Å²) in [6.45, 7) is 2.85. The van der Waals surface area contributed by atoms with Crippen LogP contribution in [0.3, 0.4) is 0 Å². The summed E-state index contributed by atoms with van der Waals surface area (Å²) in [6.07, 6.45) is 1.92. The van der Waals surface area contributed by atoms with Crippen LogP contribution in [0.2, 0.25) is 0 Å². The quantitative estimate of drug-likeness (QED) is 0.527. The summed E-state index contributed by atoms with van der Waals surface area (Å²) in [6, 6.07) is 10.7. The van der Waals surface area contributed by atoms with E-state index in [0.717, 1.165) is 18.9 Å². The summed E-state index contributed by atoms with van der Waals surface area (Å²) in [5, 5.41) is 12.8. The van der Waals surface area contributed by atoms with Gasteiger partial charge in [0.2, 0.25) is 0 Å². The Morgan fingerprint density at radius 2 is 1.81 bits per heavy atom. The second-order valence-electron chi connectivity index (χ2n) is 6.70. The van der Waals surface area contributed by atoms with Crippen molar-refractivity contribution in [2.75, 3.05) is 18.0 Å². The fourth-order valence-corrected chi connectivity index (χ4v) is 3.59. The monoisotopic (exact) mass is 367 g/mol. The smallest absolute Gasteiger partial charge is 0.329 e. The zero-order chi connectivity index (χ0) is 19.1. The van der Waals surface area contributed by atoms with E-state index in [1.54, 1.807) is 30.3 Å². The Morgan fingerprint density at radius 3 is 2.48 bits per heavy atom. The summed E-state index contributed by atoms with van der Waals surface area (Å²) >= 11 is 0. The van der Waals surface area contributed by atoms with E-state index in [0.29, 0.717) is 33.5 Å². The largest absolute Gasteiger partial charge is 0.805 e. The molecule has 138 valence electrons. The molecule has 0 amide bonds. The van der Waals surface area contributed by atoms with Gasteiger partial charge in [0.1, 0.15) is 5.52 Å². The van der Waals surface area contributed by atoms with Crippen molar-refractivity contribution in [3.63, 3.8) is 0 Å². The van der Waals surface area contributed by atoms with E-state index >= 15 is 0 Å². The highest BCUT2D eigenvalue weighted by Gasteiger charge is 2.29. The summed E-state index contributed by atoms with van der Waals surface area (Å²) in [5.74, 6) is -1.14. The van der Waals surface area contributed by atoms with Crippen molar-refractivity contribution in [2.24, 2.45) is 0 Å². The molecule has 1 aliphatic rings. The van der Waals surface area contributed by atoms with E-state index in [-0.39, 0.29) is 22.4 Å². The highest BCUT2D eigenvalue weighted by atomic mass is 19.1. The van der Waals surface area contributed by atoms with Crippen molar-refractivity contribution in [1.29, 1.82) is 0 Å². The lowest BCUT2D eigenvalue weighted by molar-refractivity contribution is -0.468. The van der Waals surface area contributed by atoms with Crippen LogP contribution in [0, 0.1) is 22.9 Å². The van der Waals surface area contributed by atoms with Gasteiger partial charge in [-0.3, -0.25) is 4.79 Å². The molecule has 2 heterocycles. The first kappa shape index (κ1) is 17.2. The first-order chi connectivity index (χ1) is 13.0. The third kappa shape index (κ3) is 2.75. The Kier molecular flexibility index (Phi) is 4.14. The van der Waals surface area contributed by atoms with Gasteiger partial charge in [0.15, 0.2) is 5.82 Å². The van der Waals surface area contributed by atoms with Gasteiger partial charge in [0, 0.05) is 23.6 Å². The zero-order valence-corrected chi connectivity index (χ0v) is 14.8. The lowest BCUT2D eigenvalue weighted by atomic mass is 10.1. The van der Waals surface area contributed by atoms with Crippen LogP contribution >= 0.6 is 0 Å². The Morgan fingerprint density at radius 1 is 1.15 bits per heavy atom. The number of hydrogen-bond donors (Lipinski definition) is 0. The SMILES string of the molecule is Cc1c(C(=O)c2ccccc2)[n+](=O)c2cc(F)c(N3CCCC3)cc2n1[O-]. The molecule has 1 aliphatic heterocycles. The molecule has 3 aromatic rings. The molecule has 6 nitrogen and oxygen atoms in total. The highest BCUT2D eigenvalue weighted by Crippen LogP contribution is 2.28. The van der Waals surface area contributed by atoms with Gasteiger partial charge in [-0.2, -0.15) is 0 Å². The molecule has 27 heavy (non-hydrogen) atoms. The maximum Gasteiger partial charge on any atom is 0.329 e. The van der Waals surface area contributed by atoms with Crippen LogP contribution in [-0.4, -0.2) is 23.6 Å². The molecule has 0 saturated carbocycles. The predicted octanol–water partition coefficient (Wildman–Crippen LogP) is 3.18. The maximum atomic E-state index is 14.6. The topological polar surface area (TPSA) is 71.3 Å². The lowest BCUT2D eigenvalue weighted by Gasteiger charge is -2.21. The van der Waals surface area contributed by atoms with Crippen molar-refractivity contribution < 1.29 is 13.6 Å². The fourth-order valence-electron chi connectivity index (χ4n) is 3.59. The van der Waals surface area contributed by atoms with Crippen LogP contribution in [0.25, 0.3) is 11.0 Å². The summed E-state index contributed by atoms with van der Waals surface area (Å²) < 4.78 is 15.6. The van der Waals surface area contributed by atoms with Gasteiger partial charge in [0.25, 0.3) is 11.3 Å². The number of carbonyl (C=O) groups excluding carboxylic acids is 1. The number of nitrogens with zero attached hydrogens (tertiary/aromatic N) is 3. The number of hydrogen-bond acceptors (Lipinski definition) is 4. The van der Waals surface area contributed by atoms with Crippen LogP contribution < -0.4 is 9.33 Å². The van der Waals surface area contributed by atoms with Gasteiger partial charge in [0.05, 0.1) is 21.9 Å². The van der Waals surface area contributed by atoms with E-state index in [1.807, 2.05) is 4.90 Å². The van der Waals surface area contributed by atoms with E-state index in [1.165, 1.54) is 13.0 Å². The molecule has 0 N–H and O–H groups in total. The van der Waals surface area contributed by atoms with E-state index < -0.39 is 11.6 Å². The van der Waals surface area contributed by atoms with E-state index in [4.69, 9.17) is 0 Å². The van der Waals surface area contributed by atoms with Crippen LogP contribution in [-0.2, 0) is 0 Å². The van der Waals surface area contributed by atoms with E-state index in [9.17, 15) is 19.3 Å². The van der Waals surface area contributed by atoms with Gasteiger partial charge in [-0.25, -0.2) is 4.39 Å². The van der Waals surface area contributed by atoms with Crippen molar-refractivity contribution in [2.45, 2.75) is 19.8 Å². The predicted molar refractivity (Wildman–Crippen MR) is 100 cm³/mol. The minimum Gasteiger partial charge on any atom is -0.805 e. The molecular weight excluding hydrogens is 349 g/mol. The van der Waals surface area contributed by atoms with Gasteiger partial charge < -0.3 is 14.8 Å². The summed E-state index contributed by atoms with van der Waals surface area (Å²) in [7, 11) is 0. The molecule has 0 atom stereocenters. The van der Waals surface area contributed by atoms with Gasteiger partial charge in [-0.15, -0.1) is 0 Å². The summed E-state index contributed by atoms with van der Waals surface area (Å²) in [4.78, 5) is 27.5. The molecule has 0 bridgehead atoms. The number of halogens is 1. The molecule has 1 aromatic heterocycles. The Labute approximate surface area is 154 Å². The molecule has 4 rings (SSSR count). The number of aromatic nitrogens is 2. The third-order valence-corrected chi connectivity index (χ3v) is 5.03. The second kappa shape index (κ2) is 6.50. The third-order valence-electron chi connectivity index (χ3n) is 5.03. The number of ketones is 1. The second-order valence-corrected chi connectivity index (χ2v) is 6.70. The molecule has 2 aromatic carbocycles. The number of carbonyl (C=O) groups is 1. The average molecular weight is 367 g/mol. The first-order valence-electron chi connectivity index (χ1n) is 8.82. The molecular formula is C20H18FN3O3. The van der Waals surface area contributed by atoms with Crippen molar-refractivity contribution in [3.8, 4) is 0 Å². The molecule has 1 saturated heterocycles. The van der Waals surface area contributed by atoms with Gasteiger partial charge >= 0.3 is 5.69 Å². The molecule has 0 spiro atoms. The van der Waals surface area contributed by atoms with Crippen LogP contribution in [0.5, 0.6) is 0 Å². The van der Waals surface area contributed by atoms with Crippen molar-refractivity contribution in [1.82, 2.24) is 4.73 Å². The molecule has 7 heteroatoms. The Balaban J connectivity index is 1.94. The highest BCUT2D eigenvalue weighted by molar-refractivity contribution is 6.07. The molecule has 0 unspecified atom stereocenters. The lowest BCUT2D eigenvalue weighted by Crippen LogP contribution is -2.31. The van der Waals surface area contributed by atoms with Crippen LogP contribution in [0.1, 0.15) is 34.6 Å². The van der Waals surface area contributed by atoms with Crippen LogP contribution in [0.4, 0.5) is 10.1 Å². The fraction of sp³-hybridized carbons (Fsp3) is 0.250. The standard InChI is InChI=1S/C20H18FN3O3/c1-13-19(20(25)14-7-3-2-4-8-14)24(27)17-11-15(21)16(12-18(17)23(13)26)22-9-5-6-10-22/h2-4,7-8,11-12H,5-6,9-10H2,1H3. The Bertz CT molecular complexity index is 1100. The summed E-state index contributed by atoms with van der Waals surface area (Å²) in [5.41, 5.74) is 0.193. The number of rotatable bonds is 3. The van der Waals surface area contributed by atoms with Gasteiger partial charge in [-0.1, -0.05) is 30.3 Å². The Hall–Kier alpha value is -3.22. The minimum absolute atomic E-state index is 0.00895. The maximum absolute atomic E-state index is 14.6.